The number of carbonyl (C=O) groups is 4. The number of carbonyl (C=O) groups excluding carboxylic acids is 4. The molecule has 0 bridgehead atoms. The summed E-state index contributed by atoms with van der Waals surface area (Å²) in [6.45, 7) is 7.24. The summed E-state index contributed by atoms with van der Waals surface area (Å²) in [6, 6.07) is 0. The van der Waals surface area contributed by atoms with Crippen molar-refractivity contribution < 1.29 is 80.2 Å². The number of unbranched alkanes of at least 4 members (excludes halogenated alkanes) is 48. The van der Waals surface area contributed by atoms with Gasteiger partial charge in [0.1, 0.15) is 19.3 Å². The molecule has 0 aromatic rings. The number of esters is 4. The van der Waals surface area contributed by atoms with Gasteiger partial charge in [-0.1, -0.05) is 361 Å². The molecule has 0 aliphatic rings. The fraction of sp³-hybridized carbons (Fsp3) is 0.902. The number of hydrogen-bond acceptors (Lipinski definition) is 15. The molecule has 0 amide bonds. The summed E-state index contributed by atoms with van der Waals surface area (Å²) < 4.78 is 68.4. The summed E-state index contributed by atoms with van der Waals surface area (Å²) in [5, 5.41) is 10.6. The number of hydrogen-bond donors (Lipinski definition) is 3. The Bertz CT molecular complexity index is 2020. The highest BCUT2D eigenvalue weighted by Gasteiger charge is 2.30. The Balaban J connectivity index is 5.14. The van der Waals surface area contributed by atoms with Crippen molar-refractivity contribution in [2.75, 3.05) is 39.6 Å². The van der Waals surface area contributed by atoms with Crippen molar-refractivity contribution >= 4 is 39.5 Å². The van der Waals surface area contributed by atoms with Gasteiger partial charge in [0.05, 0.1) is 26.4 Å². The smallest absolute Gasteiger partial charge is 0.462 e. The molecule has 101 heavy (non-hydrogen) atoms. The number of phosphoric acid groups is 2. The number of aliphatic hydroxyl groups is 1. The maximum absolute atomic E-state index is 13.1. The zero-order valence-electron chi connectivity index (χ0n) is 65.5. The predicted molar refractivity (Wildman–Crippen MR) is 414 cm³/mol. The van der Waals surface area contributed by atoms with Crippen LogP contribution in [0, 0.1) is 5.92 Å². The zero-order valence-corrected chi connectivity index (χ0v) is 67.3. The molecule has 19 heteroatoms. The number of aliphatic hydroxyl groups excluding tert-OH is 1. The largest absolute Gasteiger partial charge is 0.472 e. The van der Waals surface area contributed by atoms with E-state index in [9.17, 15) is 43.2 Å². The standard InChI is InChI=1S/C82H156O17P2/c1-6-10-13-16-18-20-22-24-26-27-28-32-36-39-43-47-51-56-61-66-80(85)93-72-78(99-82(87)68-63-58-53-49-45-41-37-33-30-29-31-35-38-42-46-50-55-59-64-75(5)9-4)74-97-101(90,91)95-70-76(83)69-94-100(88,89)96-73-77(71-92-79(84)65-60-54-15-12-8-3)98-81(86)67-62-57-52-48-44-40-34-25-23-21-19-17-14-11-7-2/h21,23,25,34,75-78,83H,6-20,22,24,26-33,35-74H2,1-5H3,(H,88,89)(H,90,91)/b23-21-,34-25-/t75?,76-,77+,78+/m0/s1. The summed E-state index contributed by atoms with van der Waals surface area (Å²) >= 11 is 0. The van der Waals surface area contributed by atoms with E-state index in [-0.39, 0.29) is 25.7 Å². The summed E-state index contributed by atoms with van der Waals surface area (Å²) in [5.74, 6) is -1.28. The van der Waals surface area contributed by atoms with Gasteiger partial charge in [-0.2, -0.15) is 0 Å². The Labute approximate surface area is 618 Å². The van der Waals surface area contributed by atoms with E-state index in [1.807, 2.05) is 0 Å². The van der Waals surface area contributed by atoms with E-state index in [4.69, 9.17) is 37.0 Å². The van der Waals surface area contributed by atoms with Crippen LogP contribution in [0.5, 0.6) is 0 Å². The van der Waals surface area contributed by atoms with E-state index in [1.54, 1.807) is 0 Å². The molecule has 17 nitrogen and oxygen atoms in total. The van der Waals surface area contributed by atoms with E-state index < -0.39 is 97.5 Å². The fourth-order valence-electron chi connectivity index (χ4n) is 12.2. The van der Waals surface area contributed by atoms with Gasteiger partial charge in [0, 0.05) is 25.7 Å². The van der Waals surface area contributed by atoms with Crippen LogP contribution in [0.4, 0.5) is 0 Å². The van der Waals surface area contributed by atoms with Crippen molar-refractivity contribution in [1.82, 2.24) is 0 Å². The van der Waals surface area contributed by atoms with Crippen LogP contribution in [0.3, 0.4) is 0 Å². The third-order valence-corrected chi connectivity index (χ3v) is 20.9. The first-order valence-electron chi connectivity index (χ1n) is 42.0. The minimum Gasteiger partial charge on any atom is -0.462 e. The van der Waals surface area contributed by atoms with Crippen LogP contribution in [0.2, 0.25) is 0 Å². The normalized spacial score (nSPS) is 14.3. The lowest BCUT2D eigenvalue weighted by Crippen LogP contribution is -2.30. The van der Waals surface area contributed by atoms with Crippen LogP contribution >= 0.6 is 15.6 Å². The van der Waals surface area contributed by atoms with Crippen LogP contribution in [-0.4, -0.2) is 96.7 Å². The first kappa shape index (κ1) is 98.5. The Morgan fingerprint density at radius 2 is 0.554 bits per heavy atom. The van der Waals surface area contributed by atoms with Crippen molar-refractivity contribution in [2.24, 2.45) is 5.92 Å². The SMILES string of the molecule is CCCCCC/C=C\C=C/CCCCCCCC(=O)O[C@H](COC(=O)CCCCCCC)COP(=O)(O)OC[C@H](O)COP(=O)(O)OC[C@@H](COC(=O)CCCCCCCCCCCCCCCCCCCCC)OC(=O)CCCCCCCCCCCCCCCCCCCCC(C)CC. The molecule has 0 aromatic heterocycles. The summed E-state index contributed by atoms with van der Waals surface area (Å²) in [5.41, 5.74) is 0. The Morgan fingerprint density at radius 1 is 0.317 bits per heavy atom. The van der Waals surface area contributed by atoms with E-state index in [0.29, 0.717) is 25.7 Å². The molecule has 3 N–H and O–H groups in total. The van der Waals surface area contributed by atoms with Crippen LogP contribution < -0.4 is 0 Å². The highest BCUT2D eigenvalue weighted by molar-refractivity contribution is 7.47. The zero-order chi connectivity index (χ0) is 74.1. The Morgan fingerprint density at radius 3 is 0.842 bits per heavy atom. The maximum Gasteiger partial charge on any atom is 0.472 e. The molecular formula is C82H156O17P2. The van der Waals surface area contributed by atoms with Gasteiger partial charge >= 0.3 is 39.5 Å². The molecule has 0 radical (unpaired) electrons. The lowest BCUT2D eigenvalue weighted by atomic mass is 9.99. The molecule has 6 atom stereocenters. The van der Waals surface area contributed by atoms with E-state index in [1.165, 1.54) is 218 Å². The van der Waals surface area contributed by atoms with Crippen molar-refractivity contribution in [2.45, 2.75) is 432 Å². The molecule has 0 aromatic carbocycles. The molecule has 0 rings (SSSR count). The molecule has 0 aliphatic heterocycles. The van der Waals surface area contributed by atoms with E-state index in [0.717, 1.165) is 115 Å². The quantitative estimate of drug-likeness (QED) is 0.0169. The third kappa shape index (κ3) is 74.2. The van der Waals surface area contributed by atoms with Gasteiger partial charge < -0.3 is 33.8 Å². The third-order valence-electron chi connectivity index (χ3n) is 19.0. The average Bonchev–Trinajstić information content (AvgIpc) is 0.923. The highest BCUT2D eigenvalue weighted by atomic mass is 31.2. The summed E-state index contributed by atoms with van der Waals surface area (Å²) in [6.07, 6.45) is 69.3. The Kier molecular flexibility index (Phi) is 72.6. The summed E-state index contributed by atoms with van der Waals surface area (Å²) in [4.78, 5) is 72.7. The monoisotopic (exact) mass is 1480 g/mol. The van der Waals surface area contributed by atoms with Crippen LogP contribution in [-0.2, 0) is 65.4 Å². The average molecular weight is 1480 g/mol. The molecule has 3 unspecified atom stereocenters. The second kappa shape index (κ2) is 74.4. The topological polar surface area (TPSA) is 237 Å². The molecule has 0 heterocycles. The molecular weight excluding hydrogens is 1320 g/mol. The van der Waals surface area contributed by atoms with Crippen LogP contribution in [0.25, 0.3) is 0 Å². The van der Waals surface area contributed by atoms with Gasteiger partial charge in [0.25, 0.3) is 0 Å². The lowest BCUT2D eigenvalue weighted by molar-refractivity contribution is -0.161. The number of rotatable bonds is 80. The minimum absolute atomic E-state index is 0.0845. The van der Waals surface area contributed by atoms with Gasteiger partial charge in [-0.3, -0.25) is 37.3 Å². The maximum atomic E-state index is 13.1. The molecule has 0 fully saturated rings. The predicted octanol–water partition coefficient (Wildman–Crippen LogP) is 24.4. The van der Waals surface area contributed by atoms with Gasteiger partial charge in [-0.15, -0.1) is 0 Å². The molecule has 0 saturated carbocycles. The van der Waals surface area contributed by atoms with Gasteiger partial charge in [0.2, 0.25) is 0 Å². The van der Waals surface area contributed by atoms with Gasteiger partial charge in [0.15, 0.2) is 12.2 Å². The summed E-state index contributed by atoms with van der Waals surface area (Å²) in [7, 11) is -9.92. The van der Waals surface area contributed by atoms with Crippen molar-refractivity contribution in [3.05, 3.63) is 24.3 Å². The van der Waals surface area contributed by atoms with Crippen molar-refractivity contribution in [3.8, 4) is 0 Å². The molecule has 0 aliphatic carbocycles. The van der Waals surface area contributed by atoms with Gasteiger partial charge in [-0.25, -0.2) is 9.13 Å². The first-order valence-corrected chi connectivity index (χ1v) is 45.0. The second-order valence-electron chi connectivity index (χ2n) is 29.1. The Hall–Kier alpha value is -2.46. The fourth-order valence-corrected chi connectivity index (χ4v) is 13.8. The highest BCUT2D eigenvalue weighted by Crippen LogP contribution is 2.45. The lowest BCUT2D eigenvalue weighted by Gasteiger charge is -2.21. The second-order valence-corrected chi connectivity index (χ2v) is 32.0. The molecule has 0 spiro atoms. The number of ether oxygens (including phenoxy) is 4. The van der Waals surface area contributed by atoms with Gasteiger partial charge in [-0.05, 0) is 57.3 Å². The van der Waals surface area contributed by atoms with Crippen LogP contribution in [0.1, 0.15) is 413 Å². The molecule has 0 saturated heterocycles. The number of phosphoric ester groups is 2. The van der Waals surface area contributed by atoms with Crippen LogP contribution in [0.15, 0.2) is 24.3 Å². The van der Waals surface area contributed by atoms with Crippen molar-refractivity contribution in [1.29, 1.82) is 0 Å². The van der Waals surface area contributed by atoms with E-state index >= 15 is 0 Å². The first-order chi connectivity index (χ1) is 49.1. The molecule has 596 valence electrons. The minimum atomic E-state index is -4.96. The number of allylic oxidation sites excluding steroid dienone is 4. The van der Waals surface area contributed by atoms with Crippen molar-refractivity contribution in [3.63, 3.8) is 0 Å². The van der Waals surface area contributed by atoms with E-state index in [2.05, 4.69) is 58.9 Å².